The molecule has 1 amide bonds. The van der Waals surface area contributed by atoms with Crippen LogP contribution < -0.4 is 4.90 Å². The lowest BCUT2D eigenvalue weighted by Gasteiger charge is -2.46. The van der Waals surface area contributed by atoms with Crippen molar-refractivity contribution in [1.29, 1.82) is 0 Å². The summed E-state index contributed by atoms with van der Waals surface area (Å²) < 4.78 is 10.4. The van der Waals surface area contributed by atoms with E-state index in [1.807, 2.05) is 52.0 Å². The third-order valence-electron chi connectivity index (χ3n) is 5.55. The summed E-state index contributed by atoms with van der Waals surface area (Å²) in [5, 5.41) is 0. The van der Waals surface area contributed by atoms with Crippen molar-refractivity contribution in [3.63, 3.8) is 0 Å². The summed E-state index contributed by atoms with van der Waals surface area (Å²) in [6.07, 6.45) is 0.717. The maximum absolute atomic E-state index is 13.4. The van der Waals surface area contributed by atoms with Gasteiger partial charge in [0, 0.05) is 17.1 Å². The number of thiocarbonyl (C=S) groups is 1. The average molecular weight is 492 g/mol. The molecule has 0 N–H and O–H groups in total. The molecule has 0 aromatic heterocycles. The number of amides is 1. The second kappa shape index (κ2) is 9.41. The first-order valence-electron chi connectivity index (χ1n) is 10.1. The van der Waals surface area contributed by atoms with Crippen molar-refractivity contribution in [2.24, 2.45) is 5.92 Å². The van der Waals surface area contributed by atoms with Gasteiger partial charge < -0.3 is 14.4 Å². The van der Waals surface area contributed by atoms with Crippen LogP contribution in [0.3, 0.4) is 0 Å². The van der Waals surface area contributed by atoms with Crippen molar-refractivity contribution >= 4 is 69.7 Å². The van der Waals surface area contributed by atoms with E-state index in [0.29, 0.717) is 9.10 Å². The Morgan fingerprint density at radius 2 is 1.59 bits per heavy atom. The molecule has 3 rings (SSSR count). The number of rotatable bonds is 4. The molecule has 0 aliphatic carbocycles. The molecule has 2 heterocycles. The number of fused-ring (bicyclic) bond motifs is 1. The molecular weight excluding hydrogens is 466 g/mol. The SMILES string of the molecule is CC[C@H](C)C(=O)N1c2ccccc2C(=C2SC(C(=O)OC)=C(C(=O)OC)S2)C(=S)C1(C)C. The number of methoxy groups -OCH3 is 2. The van der Waals surface area contributed by atoms with Crippen LogP contribution in [0.2, 0.25) is 0 Å². The Hall–Kier alpha value is -2.10. The summed E-state index contributed by atoms with van der Waals surface area (Å²) in [7, 11) is 2.53. The van der Waals surface area contributed by atoms with Gasteiger partial charge in [0.25, 0.3) is 0 Å². The highest BCUT2D eigenvalue weighted by Gasteiger charge is 2.46. The lowest BCUT2D eigenvalue weighted by Crippen LogP contribution is -2.57. The second-order valence-corrected chi connectivity index (χ2v) is 10.6. The predicted molar refractivity (Wildman–Crippen MR) is 133 cm³/mol. The summed E-state index contributed by atoms with van der Waals surface area (Å²) in [6, 6.07) is 7.58. The van der Waals surface area contributed by atoms with Crippen LogP contribution in [-0.4, -0.2) is 42.5 Å². The van der Waals surface area contributed by atoms with Gasteiger partial charge in [0.2, 0.25) is 5.91 Å². The van der Waals surface area contributed by atoms with Crippen LogP contribution in [0.4, 0.5) is 5.69 Å². The largest absolute Gasteiger partial charge is 0.465 e. The third-order valence-corrected chi connectivity index (χ3v) is 8.81. The first kappa shape index (κ1) is 24.5. The summed E-state index contributed by atoms with van der Waals surface area (Å²) in [4.78, 5) is 40.7. The van der Waals surface area contributed by atoms with Crippen LogP contribution in [0.5, 0.6) is 0 Å². The number of carbonyl (C=O) groups excluding carboxylic acids is 3. The van der Waals surface area contributed by atoms with Gasteiger partial charge in [-0.2, -0.15) is 0 Å². The van der Waals surface area contributed by atoms with Crippen LogP contribution in [0.25, 0.3) is 5.57 Å². The quantitative estimate of drug-likeness (QED) is 0.333. The van der Waals surface area contributed by atoms with Crippen molar-refractivity contribution in [2.75, 3.05) is 19.1 Å². The number of anilines is 1. The number of hydrogen-bond donors (Lipinski definition) is 0. The van der Waals surface area contributed by atoms with Gasteiger partial charge in [0.1, 0.15) is 9.81 Å². The predicted octanol–water partition coefficient (Wildman–Crippen LogP) is 4.93. The standard InChI is InChI=1S/C23H25NO5S3/c1-7-12(2)19(25)24-14-11-9-8-10-13(14)15(18(30)23(24,3)4)22-31-16(20(26)28-5)17(32-22)21(27)29-6/h8-12H,7H2,1-6H3/t12-/m0/s1. The molecule has 1 atom stereocenters. The number of esters is 2. The van der Waals surface area contributed by atoms with Gasteiger partial charge in [-0.15, -0.1) is 0 Å². The molecule has 1 aromatic carbocycles. The number of ether oxygens (including phenoxy) is 2. The number of carbonyl (C=O) groups is 3. The molecule has 9 heteroatoms. The minimum atomic E-state index is -0.785. The van der Waals surface area contributed by atoms with E-state index < -0.39 is 17.5 Å². The first-order chi connectivity index (χ1) is 15.1. The average Bonchev–Trinajstić information content (AvgIpc) is 3.22. The maximum Gasteiger partial charge on any atom is 0.346 e. The monoisotopic (exact) mass is 491 g/mol. The zero-order chi connectivity index (χ0) is 23.8. The Morgan fingerprint density at radius 1 is 1.06 bits per heavy atom. The van der Waals surface area contributed by atoms with Crippen LogP contribution in [0.15, 0.2) is 38.3 Å². The zero-order valence-corrected chi connectivity index (χ0v) is 21.3. The van der Waals surface area contributed by atoms with Gasteiger partial charge in [-0.05, 0) is 26.3 Å². The Balaban J connectivity index is 2.21. The molecule has 0 unspecified atom stereocenters. The smallest absolute Gasteiger partial charge is 0.346 e. The fraction of sp³-hybridized carbons (Fsp3) is 0.391. The number of benzene rings is 1. The Bertz CT molecular complexity index is 1040. The molecule has 1 aromatic rings. The maximum atomic E-state index is 13.4. The van der Waals surface area contributed by atoms with Gasteiger partial charge in [-0.25, -0.2) is 9.59 Å². The molecule has 170 valence electrons. The van der Waals surface area contributed by atoms with E-state index in [1.165, 1.54) is 14.2 Å². The molecule has 0 bridgehead atoms. The first-order valence-corrected chi connectivity index (χ1v) is 12.1. The summed E-state index contributed by atoms with van der Waals surface area (Å²) >= 11 is 8.22. The number of para-hydroxylation sites is 1. The van der Waals surface area contributed by atoms with E-state index in [2.05, 4.69) is 0 Å². The summed E-state index contributed by atoms with van der Waals surface area (Å²) in [5.74, 6) is -1.37. The Kier molecular flexibility index (Phi) is 7.21. The molecule has 0 fully saturated rings. The molecule has 2 aliphatic heterocycles. The summed E-state index contributed by atoms with van der Waals surface area (Å²) in [5.41, 5.74) is 1.50. The fourth-order valence-corrected chi connectivity index (χ4v) is 6.59. The molecule has 0 saturated heterocycles. The second-order valence-electron chi connectivity index (χ2n) is 7.90. The van der Waals surface area contributed by atoms with Crippen LogP contribution in [0, 0.1) is 5.92 Å². The highest BCUT2D eigenvalue weighted by atomic mass is 32.2. The lowest BCUT2D eigenvalue weighted by molar-refractivity contribution is -0.138. The van der Waals surface area contributed by atoms with Crippen LogP contribution in [-0.2, 0) is 23.9 Å². The third kappa shape index (κ3) is 4.02. The topological polar surface area (TPSA) is 72.9 Å². The molecule has 32 heavy (non-hydrogen) atoms. The Morgan fingerprint density at radius 3 is 2.09 bits per heavy atom. The molecule has 0 spiro atoms. The van der Waals surface area contributed by atoms with E-state index in [-0.39, 0.29) is 21.6 Å². The molecule has 2 aliphatic rings. The van der Waals surface area contributed by atoms with E-state index >= 15 is 0 Å². The van der Waals surface area contributed by atoms with Gasteiger partial charge in [-0.3, -0.25) is 4.79 Å². The van der Waals surface area contributed by atoms with Gasteiger partial charge in [-0.1, -0.05) is 67.8 Å². The minimum absolute atomic E-state index is 0.00621. The highest BCUT2D eigenvalue weighted by Crippen LogP contribution is 2.56. The van der Waals surface area contributed by atoms with Crippen molar-refractivity contribution in [3.05, 3.63) is 43.9 Å². The normalized spacial score (nSPS) is 18.4. The summed E-state index contributed by atoms with van der Waals surface area (Å²) in [6.45, 7) is 7.74. The number of hydrogen-bond acceptors (Lipinski definition) is 8. The van der Waals surface area contributed by atoms with Crippen LogP contribution >= 0.6 is 35.7 Å². The van der Waals surface area contributed by atoms with E-state index in [1.54, 1.807) is 4.90 Å². The zero-order valence-electron chi connectivity index (χ0n) is 18.8. The lowest BCUT2D eigenvalue weighted by atomic mass is 9.82. The molecule has 0 radical (unpaired) electrons. The molecule has 6 nitrogen and oxygen atoms in total. The van der Waals surface area contributed by atoms with Crippen molar-refractivity contribution < 1.29 is 23.9 Å². The Labute approximate surface area is 201 Å². The fourth-order valence-electron chi connectivity index (χ4n) is 3.56. The van der Waals surface area contributed by atoms with Crippen molar-refractivity contribution in [1.82, 2.24) is 0 Å². The molecular formula is C23H25NO5S3. The molecule has 0 saturated carbocycles. The minimum Gasteiger partial charge on any atom is -0.465 e. The van der Waals surface area contributed by atoms with E-state index in [0.717, 1.165) is 46.8 Å². The van der Waals surface area contributed by atoms with E-state index in [9.17, 15) is 14.4 Å². The van der Waals surface area contributed by atoms with Crippen LogP contribution in [0.1, 0.15) is 39.7 Å². The van der Waals surface area contributed by atoms with Gasteiger partial charge in [0.05, 0.1) is 34.5 Å². The number of nitrogens with zero attached hydrogens (tertiary/aromatic N) is 1. The van der Waals surface area contributed by atoms with Gasteiger partial charge in [0.15, 0.2) is 0 Å². The van der Waals surface area contributed by atoms with Gasteiger partial charge >= 0.3 is 11.9 Å². The van der Waals surface area contributed by atoms with E-state index in [4.69, 9.17) is 21.7 Å². The van der Waals surface area contributed by atoms with Crippen molar-refractivity contribution in [3.8, 4) is 0 Å². The highest BCUT2D eigenvalue weighted by molar-refractivity contribution is 8.29. The van der Waals surface area contributed by atoms with Crippen molar-refractivity contribution in [2.45, 2.75) is 39.7 Å². The number of thioether (sulfide) groups is 2.